The Kier molecular flexibility index (Phi) is 5.66. The molecule has 0 bridgehead atoms. The SMILES string of the molecule is C=CC[C@@H](N[S+]([O-])C(C)(C)C)c1cc(Cl)ccn1. The normalized spacial score (nSPS) is 15.2. The summed E-state index contributed by atoms with van der Waals surface area (Å²) in [6.07, 6.45) is 4.07. The van der Waals surface area contributed by atoms with Crippen molar-refractivity contribution in [2.45, 2.75) is 38.0 Å². The molecule has 0 saturated heterocycles. The van der Waals surface area contributed by atoms with Gasteiger partial charge in [-0.1, -0.05) is 17.7 Å². The van der Waals surface area contributed by atoms with Crippen LogP contribution in [0.2, 0.25) is 5.02 Å². The van der Waals surface area contributed by atoms with Crippen molar-refractivity contribution in [1.29, 1.82) is 0 Å². The number of hydrogen-bond donors (Lipinski definition) is 1. The Morgan fingerprint density at radius 1 is 1.61 bits per heavy atom. The summed E-state index contributed by atoms with van der Waals surface area (Å²) < 4.78 is 14.9. The Morgan fingerprint density at radius 3 is 2.78 bits per heavy atom. The van der Waals surface area contributed by atoms with E-state index in [0.29, 0.717) is 11.4 Å². The molecule has 0 aliphatic carbocycles. The summed E-state index contributed by atoms with van der Waals surface area (Å²) in [5, 5.41) is 0.623. The zero-order valence-electron chi connectivity index (χ0n) is 10.9. The van der Waals surface area contributed by atoms with Crippen molar-refractivity contribution in [3.63, 3.8) is 0 Å². The first-order chi connectivity index (χ1) is 8.34. The van der Waals surface area contributed by atoms with E-state index in [1.165, 1.54) is 0 Å². The molecule has 0 radical (unpaired) electrons. The van der Waals surface area contributed by atoms with Crippen molar-refractivity contribution >= 4 is 23.0 Å². The number of rotatable bonds is 5. The van der Waals surface area contributed by atoms with Gasteiger partial charge in [0.25, 0.3) is 0 Å². The van der Waals surface area contributed by atoms with Crippen LogP contribution in [0.15, 0.2) is 31.0 Å². The molecule has 3 nitrogen and oxygen atoms in total. The highest BCUT2D eigenvalue weighted by Crippen LogP contribution is 2.23. The van der Waals surface area contributed by atoms with E-state index in [-0.39, 0.29) is 10.8 Å². The summed E-state index contributed by atoms with van der Waals surface area (Å²) in [6, 6.07) is 3.36. The molecule has 0 saturated carbocycles. The highest BCUT2D eigenvalue weighted by atomic mass is 35.5. The second-order valence-corrected chi connectivity index (χ2v) is 7.41. The number of halogens is 1. The highest BCUT2D eigenvalue weighted by Gasteiger charge is 2.29. The molecular formula is C13H19ClN2OS. The molecule has 1 aromatic rings. The quantitative estimate of drug-likeness (QED) is 0.666. The number of nitrogens with zero attached hydrogens (tertiary/aromatic N) is 1. The van der Waals surface area contributed by atoms with Crippen LogP contribution >= 0.6 is 11.6 Å². The molecule has 1 N–H and O–H groups in total. The van der Waals surface area contributed by atoms with Gasteiger partial charge in [0, 0.05) is 22.6 Å². The summed E-state index contributed by atoms with van der Waals surface area (Å²) >= 11 is 4.79. The summed E-state index contributed by atoms with van der Waals surface area (Å²) in [5.41, 5.74) is 0.778. The second kappa shape index (κ2) is 6.57. The minimum Gasteiger partial charge on any atom is -0.598 e. The Hall–Kier alpha value is -0.550. The third-order valence-corrected chi connectivity index (χ3v) is 4.15. The molecule has 5 heteroatoms. The maximum atomic E-state index is 12.1. The second-order valence-electron chi connectivity index (χ2n) is 4.97. The van der Waals surface area contributed by atoms with E-state index in [0.717, 1.165) is 5.69 Å². The molecule has 0 aromatic carbocycles. The predicted octanol–water partition coefficient (Wildman–Crippen LogP) is 3.40. The topological polar surface area (TPSA) is 48.0 Å². The number of aromatic nitrogens is 1. The van der Waals surface area contributed by atoms with Crippen molar-refractivity contribution in [3.05, 3.63) is 41.7 Å². The minimum atomic E-state index is -1.16. The van der Waals surface area contributed by atoms with E-state index < -0.39 is 11.4 Å². The molecule has 1 rings (SSSR count). The molecule has 18 heavy (non-hydrogen) atoms. The van der Waals surface area contributed by atoms with Crippen LogP contribution < -0.4 is 4.72 Å². The van der Waals surface area contributed by atoms with Gasteiger partial charge in [-0.15, -0.1) is 11.3 Å². The van der Waals surface area contributed by atoms with E-state index in [2.05, 4.69) is 16.3 Å². The standard InChI is InChI=1S/C13H19ClN2OS/c1-5-6-11(16-18(17)13(2,3)4)12-9-10(14)7-8-15-12/h5,7-9,11,16H,1,6H2,2-4H3/t11-,18?/m1/s1. The molecule has 1 heterocycles. The van der Waals surface area contributed by atoms with Gasteiger partial charge in [-0.05, 0) is 39.3 Å². The molecule has 1 unspecified atom stereocenters. The maximum Gasteiger partial charge on any atom is 0.136 e. The lowest BCUT2D eigenvalue weighted by atomic mass is 10.1. The van der Waals surface area contributed by atoms with E-state index in [1.807, 2.05) is 20.8 Å². The van der Waals surface area contributed by atoms with Gasteiger partial charge in [-0.2, -0.15) is 0 Å². The molecule has 0 amide bonds. The largest absolute Gasteiger partial charge is 0.598 e. The van der Waals surface area contributed by atoms with E-state index >= 15 is 0 Å². The number of pyridine rings is 1. The van der Waals surface area contributed by atoms with Gasteiger partial charge in [0.05, 0.1) is 11.7 Å². The summed E-state index contributed by atoms with van der Waals surface area (Å²) in [7, 11) is 0. The lowest BCUT2D eigenvalue weighted by Crippen LogP contribution is -2.41. The lowest BCUT2D eigenvalue weighted by Gasteiger charge is -2.27. The monoisotopic (exact) mass is 286 g/mol. The van der Waals surface area contributed by atoms with E-state index in [9.17, 15) is 4.55 Å². The van der Waals surface area contributed by atoms with Crippen molar-refractivity contribution in [2.75, 3.05) is 0 Å². The molecule has 0 spiro atoms. The number of nitrogens with one attached hydrogen (secondary N) is 1. The van der Waals surface area contributed by atoms with Gasteiger partial charge in [-0.25, -0.2) is 0 Å². The average molecular weight is 287 g/mol. The van der Waals surface area contributed by atoms with Crippen molar-refractivity contribution < 1.29 is 4.55 Å². The molecule has 0 aliphatic rings. The van der Waals surface area contributed by atoms with Crippen LogP contribution in [0.1, 0.15) is 38.9 Å². The number of hydrogen-bond acceptors (Lipinski definition) is 3. The van der Waals surface area contributed by atoms with Crippen molar-refractivity contribution in [2.24, 2.45) is 0 Å². The molecule has 0 aliphatic heterocycles. The van der Waals surface area contributed by atoms with E-state index in [4.69, 9.17) is 11.6 Å². The predicted molar refractivity (Wildman–Crippen MR) is 77.8 cm³/mol. The van der Waals surface area contributed by atoms with Crippen LogP contribution in [0.3, 0.4) is 0 Å². The van der Waals surface area contributed by atoms with Crippen molar-refractivity contribution in [1.82, 2.24) is 9.71 Å². The van der Waals surface area contributed by atoms with Crippen LogP contribution in [0.25, 0.3) is 0 Å². The highest BCUT2D eigenvalue weighted by molar-refractivity contribution is 7.90. The van der Waals surface area contributed by atoms with Crippen LogP contribution in [-0.2, 0) is 11.4 Å². The third-order valence-electron chi connectivity index (χ3n) is 2.31. The van der Waals surface area contributed by atoms with Crippen LogP contribution in [0.4, 0.5) is 0 Å². The first kappa shape index (κ1) is 15.5. The fourth-order valence-electron chi connectivity index (χ4n) is 1.31. The first-order valence-corrected chi connectivity index (χ1v) is 7.27. The van der Waals surface area contributed by atoms with Gasteiger partial charge in [-0.3, -0.25) is 4.98 Å². The van der Waals surface area contributed by atoms with Gasteiger partial charge < -0.3 is 4.55 Å². The Labute approximate surface area is 117 Å². The zero-order chi connectivity index (χ0) is 13.8. The molecule has 1 aromatic heterocycles. The average Bonchev–Trinajstić information content (AvgIpc) is 2.27. The summed E-state index contributed by atoms with van der Waals surface area (Å²) in [5.74, 6) is 0. The van der Waals surface area contributed by atoms with E-state index in [1.54, 1.807) is 24.4 Å². The zero-order valence-corrected chi connectivity index (χ0v) is 12.5. The first-order valence-electron chi connectivity index (χ1n) is 5.75. The van der Waals surface area contributed by atoms with Crippen molar-refractivity contribution in [3.8, 4) is 0 Å². The van der Waals surface area contributed by atoms with Gasteiger partial charge >= 0.3 is 0 Å². The lowest BCUT2D eigenvalue weighted by molar-refractivity contribution is 0.521. The van der Waals surface area contributed by atoms with Gasteiger partial charge in [0.1, 0.15) is 4.75 Å². The Morgan fingerprint density at radius 2 is 2.28 bits per heavy atom. The summed E-state index contributed by atoms with van der Waals surface area (Å²) in [6.45, 7) is 9.49. The van der Waals surface area contributed by atoms with Crippen LogP contribution in [-0.4, -0.2) is 14.3 Å². The smallest absolute Gasteiger partial charge is 0.136 e. The van der Waals surface area contributed by atoms with Crippen LogP contribution in [0.5, 0.6) is 0 Å². The third kappa shape index (κ3) is 4.61. The van der Waals surface area contributed by atoms with Crippen LogP contribution in [0, 0.1) is 0 Å². The van der Waals surface area contributed by atoms with Gasteiger partial charge in [0.2, 0.25) is 0 Å². The summed E-state index contributed by atoms with van der Waals surface area (Å²) in [4.78, 5) is 4.26. The molecule has 2 atom stereocenters. The fourth-order valence-corrected chi connectivity index (χ4v) is 2.31. The molecule has 0 fully saturated rings. The Balaban J connectivity index is 2.86. The minimum absolute atomic E-state index is 0.138. The Bertz CT molecular complexity index is 406. The fraction of sp³-hybridized carbons (Fsp3) is 0.462. The maximum absolute atomic E-state index is 12.1. The molecule has 100 valence electrons. The molecular weight excluding hydrogens is 268 g/mol. The van der Waals surface area contributed by atoms with Gasteiger partial charge in [0.15, 0.2) is 0 Å².